The lowest BCUT2D eigenvalue weighted by atomic mass is 9.89. The molecular formula is C16H28N2O. The molecule has 0 saturated carbocycles. The molecule has 108 valence electrons. The molecule has 0 atom stereocenters. The van der Waals surface area contributed by atoms with Crippen LogP contribution in [0.25, 0.3) is 0 Å². The fourth-order valence-corrected chi connectivity index (χ4v) is 2.31. The van der Waals surface area contributed by atoms with E-state index in [1.54, 1.807) is 0 Å². The Morgan fingerprint density at radius 3 is 2.21 bits per heavy atom. The van der Waals surface area contributed by atoms with E-state index in [0.717, 1.165) is 30.7 Å². The molecule has 1 aromatic carbocycles. The zero-order valence-electron chi connectivity index (χ0n) is 12.9. The number of ether oxygens (including phenoxy) is 1. The SMILES string of the molecule is CCC(CC)(CC)Nc1cccc(OC(C)C)c1N. The maximum atomic E-state index is 6.22. The van der Waals surface area contributed by atoms with Crippen LogP contribution in [0.4, 0.5) is 11.4 Å². The molecule has 3 heteroatoms. The van der Waals surface area contributed by atoms with E-state index in [-0.39, 0.29) is 11.6 Å². The number of nitrogens with one attached hydrogen (secondary N) is 1. The number of anilines is 2. The molecule has 19 heavy (non-hydrogen) atoms. The maximum Gasteiger partial charge on any atom is 0.144 e. The Kier molecular flexibility index (Phi) is 5.52. The van der Waals surface area contributed by atoms with E-state index in [1.165, 1.54) is 0 Å². The van der Waals surface area contributed by atoms with Gasteiger partial charge in [-0.1, -0.05) is 26.8 Å². The second-order valence-electron chi connectivity index (χ2n) is 5.35. The van der Waals surface area contributed by atoms with Crippen molar-refractivity contribution >= 4 is 11.4 Å². The second-order valence-corrected chi connectivity index (χ2v) is 5.35. The lowest BCUT2D eigenvalue weighted by Crippen LogP contribution is -2.36. The third-order valence-electron chi connectivity index (χ3n) is 3.86. The minimum absolute atomic E-state index is 0.116. The van der Waals surface area contributed by atoms with Crippen molar-refractivity contribution in [3.05, 3.63) is 18.2 Å². The molecule has 0 aromatic heterocycles. The Bertz CT molecular complexity index is 389. The fourth-order valence-electron chi connectivity index (χ4n) is 2.31. The Hall–Kier alpha value is -1.38. The Balaban J connectivity index is 3.01. The van der Waals surface area contributed by atoms with Crippen LogP contribution >= 0.6 is 0 Å². The van der Waals surface area contributed by atoms with E-state index >= 15 is 0 Å². The van der Waals surface area contributed by atoms with Gasteiger partial charge in [-0.3, -0.25) is 0 Å². The fraction of sp³-hybridized carbons (Fsp3) is 0.625. The van der Waals surface area contributed by atoms with Gasteiger partial charge in [-0.15, -0.1) is 0 Å². The van der Waals surface area contributed by atoms with Crippen molar-refractivity contribution in [1.82, 2.24) is 0 Å². The van der Waals surface area contributed by atoms with Crippen molar-refractivity contribution in [1.29, 1.82) is 0 Å². The van der Waals surface area contributed by atoms with Crippen LogP contribution in [0.3, 0.4) is 0 Å². The third-order valence-corrected chi connectivity index (χ3v) is 3.86. The Morgan fingerprint density at radius 1 is 1.16 bits per heavy atom. The molecule has 0 unspecified atom stereocenters. The van der Waals surface area contributed by atoms with Crippen molar-refractivity contribution < 1.29 is 4.74 Å². The number of para-hydroxylation sites is 1. The Labute approximate surface area is 117 Å². The summed E-state index contributed by atoms with van der Waals surface area (Å²) >= 11 is 0. The zero-order chi connectivity index (χ0) is 14.5. The second kappa shape index (κ2) is 6.69. The van der Waals surface area contributed by atoms with E-state index < -0.39 is 0 Å². The average Bonchev–Trinajstić information content (AvgIpc) is 2.40. The summed E-state index contributed by atoms with van der Waals surface area (Å²) in [4.78, 5) is 0. The molecule has 0 aliphatic rings. The van der Waals surface area contributed by atoms with Crippen LogP contribution < -0.4 is 15.8 Å². The van der Waals surface area contributed by atoms with Crippen LogP contribution in [0.5, 0.6) is 5.75 Å². The molecule has 0 fully saturated rings. The van der Waals surface area contributed by atoms with Crippen LogP contribution in [0, 0.1) is 0 Å². The van der Waals surface area contributed by atoms with Gasteiger partial charge in [0.25, 0.3) is 0 Å². The molecule has 1 aromatic rings. The van der Waals surface area contributed by atoms with Crippen LogP contribution in [0.1, 0.15) is 53.9 Å². The van der Waals surface area contributed by atoms with Gasteiger partial charge in [0.1, 0.15) is 5.75 Å². The summed E-state index contributed by atoms with van der Waals surface area (Å²) in [6, 6.07) is 5.94. The van der Waals surface area contributed by atoms with E-state index in [2.05, 4.69) is 26.1 Å². The molecule has 0 saturated heterocycles. The van der Waals surface area contributed by atoms with Gasteiger partial charge in [0.05, 0.1) is 17.5 Å². The van der Waals surface area contributed by atoms with Gasteiger partial charge in [-0.25, -0.2) is 0 Å². The molecule has 3 nitrogen and oxygen atoms in total. The van der Waals surface area contributed by atoms with Crippen LogP contribution in [0.15, 0.2) is 18.2 Å². The number of rotatable bonds is 7. The lowest BCUT2D eigenvalue weighted by Gasteiger charge is -2.33. The van der Waals surface area contributed by atoms with E-state index in [9.17, 15) is 0 Å². The predicted octanol–water partition coefficient (Wildman–Crippen LogP) is 4.44. The van der Waals surface area contributed by atoms with Crippen LogP contribution in [-0.2, 0) is 0 Å². The van der Waals surface area contributed by atoms with Crippen molar-refractivity contribution in [2.45, 2.75) is 65.5 Å². The first-order chi connectivity index (χ1) is 8.98. The molecular weight excluding hydrogens is 236 g/mol. The molecule has 0 bridgehead atoms. The minimum atomic E-state index is 0.116. The van der Waals surface area contributed by atoms with Crippen LogP contribution in [0.2, 0.25) is 0 Å². The summed E-state index contributed by atoms with van der Waals surface area (Å²) in [6.07, 6.45) is 3.36. The summed E-state index contributed by atoms with van der Waals surface area (Å²) in [5.74, 6) is 0.761. The van der Waals surface area contributed by atoms with Gasteiger partial charge >= 0.3 is 0 Å². The first-order valence-electron chi connectivity index (χ1n) is 7.31. The Morgan fingerprint density at radius 2 is 1.74 bits per heavy atom. The molecule has 0 aliphatic carbocycles. The summed E-state index contributed by atoms with van der Waals surface area (Å²) in [5.41, 5.74) is 8.01. The van der Waals surface area contributed by atoms with E-state index in [0.29, 0.717) is 5.69 Å². The van der Waals surface area contributed by atoms with Gasteiger partial charge in [-0.2, -0.15) is 0 Å². The maximum absolute atomic E-state index is 6.22. The predicted molar refractivity (Wildman–Crippen MR) is 83.8 cm³/mol. The summed E-state index contributed by atoms with van der Waals surface area (Å²) in [7, 11) is 0. The topological polar surface area (TPSA) is 47.3 Å². The van der Waals surface area contributed by atoms with Crippen molar-refractivity contribution in [2.24, 2.45) is 0 Å². The third kappa shape index (κ3) is 3.79. The zero-order valence-corrected chi connectivity index (χ0v) is 12.9. The van der Waals surface area contributed by atoms with Crippen molar-refractivity contribution in [3.63, 3.8) is 0 Å². The van der Waals surface area contributed by atoms with Crippen molar-refractivity contribution in [3.8, 4) is 5.75 Å². The smallest absolute Gasteiger partial charge is 0.144 e. The summed E-state index contributed by atoms with van der Waals surface area (Å²) in [5, 5.41) is 3.62. The highest BCUT2D eigenvalue weighted by Crippen LogP contribution is 2.34. The van der Waals surface area contributed by atoms with Gasteiger partial charge in [-0.05, 0) is 45.2 Å². The highest BCUT2D eigenvalue weighted by atomic mass is 16.5. The van der Waals surface area contributed by atoms with E-state index in [4.69, 9.17) is 10.5 Å². The molecule has 0 heterocycles. The number of hydrogen-bond donors (Lipinski definition) is 2. The number of nitrogens with two attached hydrogens (primary N) is 1. The largest absolute Gasteiger partial charge is 0.489 e. The molecule has 1 rings (SSSR count). The summed E-state index contributed by atoms with van der Waals surface area (Å²) in [6.45, 7) is 10.7. The van der Waals surface area contributed by atoms with Gasteiger partial charge in [0.2, 0.25) is 0 Å². The number of hydrogen-bond acceptors (Lipinski definition) is 3. The first-order valence-corrected chi connectivity index (χ1v) is 7.31. The lowest BCUT2D eigenvalue weighted by molar-refractivity contribution is 0.244. The highest BCUT2D eigenvalue weighted by molar-refractivity contribution is 5.73. The van der Waals surface area contributed by atoms with Crippen LogP contribution in [-0.4, -0.2) is 11.6 Å². The molecule has 0 spiro atoms. The summed E-state index contributed by atoms with van der Waals surface area (Å²) < 4.78 is 5.74. The normalized spacial score (nSPS) is 11.7. The highest BCUT2D eigenvalue weighted by Gasteiger charge is 2.24. The molecule has 0 aliphatic heterocycles. The quantitative estimate of drug-likeness (QED) is 0.716. The molecule has 0 radical (unpaired) electrons. The minimum Gasteiger partial charge on any atom is -0.489 e. The van der Waals surface area contributed by atoms with Gasteiger partial charge < -0.3 is 15.8 Å². The standard InChI is InChI=1S/C16H28N2O/c1-6-16(7-2,8-3)18-13-10-9-11-14(15(13)17)19-12(4)5/h9-12,18H,6-8,17H2,1-5H3. The van der Waals surface area contributed by atoms with Gasteiger partial charge in [0, 0.05) is 5.54 Å². The van der Waals surface area contributed by atoms with Crippen molar-refractivity contribution in [2.75, 3.05) is 11.1 Å². The molecule has 0 amide bonds. The number of benzene rings is 1. The number of nitrogen functional groups attached to an aromatic ring is 1. The first kappa shape index (κ1) is 15.7. The monoisotopic (exact) mass is 264 g/mol. The van der Waals surface area contributed by atoms with Gasteiger partial charge in [0.15, 0.2) is 0 Å². The average molecular weight is 264 g/mol. The van der Waals surface area contributed by atoms with E-state index in [1.807, 2.05) is 32.0 Å². The molecule has 3 N–H and O–H groups in total.